The molecule has 0 saturated carbocycles. The van der Waals surface area contributed by atoms with Crippen molar-refractivity contribution in [2.75, 3.05) is 32.8 Å². The van der Waals surface area contributed by atoms with Crippen molar-refractivity contribution in [2.24, 2.45) is 0 Å². The minimum Gasteiger partial charge on any atom is -0.395 e. The van der Waals surface area contributed by atoms with Gasteiger partial charge in [0.25, 0.3) is 0 Å². The van der Waals surface area contributed by atoms with Crippen molar-refractivity contribution in [3.05, 3.63) is 0 Å². The first-order valence-electron chi connectivity index (χ1n) is 3.81. The molecule has 10 heavy (non-hydrogen) atoms. The van der Waals surface area contributed by atoms with E-state index < -0.39 is 0 Å². The van der Waals surface area contributed by atoms with E-state index in [9.17, 15) is 0 Å². The fourth-order valence-corrected chi connectivity index (χ4v) is 0.981. The highest BCUT2D eigenvalue weighted by Gasteiger charge is 2.24. The molecule has 0 aromatic heterocycles. The van der Waals surface area contributed by atoms with Gasteiger partial charge in [-0.1, -0.05) is 6.92 Å². The molecule has 1 rings (SSSR count). The van der Waals surface area contributed by atoms with E-state index in [0.29, 0.717) is 6.10 Å². The highest BCUT2D eigenvalue weighted by Crippen LogP contribution is 2.09. The summed E-state index contributed by atoms with van der Waals surface area (Å²) < 4.78 is 5.06. The number of aliphatic hydroxyl groups excluding tert-OH is 1. The van der Waals surface area contributed by atoms with Crippen LogP contribution in [-0.2, 0) is 4.74 Å². The molecule has 0 aromatic rings. The van der Waals surface area contributed by atoms with E-state index in [1.165, 1.54) is 0 Å². The summed E-state index contributed by atoms with van der Waals surface area (Å²) in [7, 11) is 0. The fourth-order valence-electron chi connectivity index (χ4n) is 0.981. The van der Waals surface area contributed by atoms with Gasteiger partial charge in [-0.3, -0.25) is 4.90 Å². The third kappa shape index (κ3) is 2.64. The quantitative estimate of drug-likeness (QED) is 0.539. The van der Waals surface area contributed by atoms with Gasteiger partial charge in [0.1, 0.15) is 0 Å². The van der Waals surface area contributed by atoms with Gasteiger partial charge >= 0.3 is 0 Å². The second-order valence-corrected chi connectivity index (χ2v) is 2.57. The van der Waals surface area contributed by atoms with Crippen LogP contribution < -0.4 is 0 Å². The van der Waals surface area contributed by atoms with Crippen molar-refractivity contribution in [1.82, 2.24) is 4.90 Å². The van der Waals surface area contributed by atoms with Gasteiger partial charge < -0.3 is 9.84 Å². The Morgan fingerprint density at radius 1 is 1.70 bits per heavy atom. The molecule has 1 aliphatic heterocycles. The van der Waals surface area contributed by atoms with Gasteiger partial charge in [0.05, 0.1) is 19.3 Å². The first kappa shape index (κ1) is 7.98. The lowest BCUT2D eigenvalue weighted by Gasteiger charge is -2.16. The van der Waals surface area contributed by atoms with Crippen molar-refractivity contribution in [3.63, 3.8) is 0 Å². The highest BCUT2D eigenvalue weighted by atomic mass is 16.6. The van der Waals surface area contributed by atoms with Crippen LogP contribution >= 0.6 is 0 Å². The van der Waals surface area contributed by atoms with Crippen LogP contribution in [0.5, 0.6) is 0 Å². The van der Waals surface area contributed by atoms with Gasteiger partial charge in [0.2, 0.25) is 0 Å². The summed E-state index contributed by atoms with van der Waals surface area (Å²) in [6.45, 7) is 6.01. The standard InChI is InChI=1S/C7H15NO2/c1-2-8(3-4-9)5-7-6-10-7/h7,9H,2-6H2,1H3/t7-/m1/s1. The summed E-state index contributed by atoms with van der Waals surface area (Å²) in [6, 6.07) is 0. The maximum absolute atomic E-state index is 8.62. The second-order valence-electron chi connectivity index (χ2n) is 2.57. The summed E-state index contributed by atoms with van der Waals surface area (Å²) in [4.78, 5) is 2.19. The van der Waals surface area contributed by atoms with Gasteiger partial charge in [0, 0.05) is 13.1 Å². The number of hydrogen-bond donors (Lipinski definition) is 1. The number of hydrogen-bond acceptors (Lipinski definition) is 3. The van der Waals surface area contributed by atoms with Crippen LogP contribution in [0.25, 0.3) is 0 Å². The van der Waals surface area contributed by atoms with Crippen molar-refractivity contribution >= 4 is 0 Å². The molecule has 1 aliphatic rings. The molecule has 1 heterocycles. The van der Waals surface area contributed by atoms with Crippen molar-refractivity contribution in [2.45, 2.75) is 13.0 Å². The number of aliphatic hydroxyl groups is 1. The van der Waals surface area contributed by atoms with E-state index in [1.54, 1.807) is 0 Å². The SMILES string of the molecule is CCN(CCO)C[C@@H]1CO1. The van der Waals surface area contributed by atoms with Crippen LogP contribution in [0.4, 0.5) is 0 Å². The molecule has 1 N–H and O–H groups in total. The molecule has 60 valence electrons. The maximum Gasteiger partial charge on any atom is 0.0936 e. The Hall–Kier alpha value is -0.120. The number of ether oxygens (including phenoxy) is 1. The molecule has 0 aromatic carbocycles. The van der Waals surface area contributed by atoms with Crippen molar-refractivity contribution in [3.8, 4) is 0 Å². The lowest BCUT2D eigenvalue weighted by atomic mass is 10.4. The van der Waals surface area contributed by atoms with E-state index in [2.05, 4.69) is 11.8 Å². The summed E-state index contributed by atoms with van der Waals surface area (Å²) in [5.41, 5.74) is 0. The van der Waals surface area contributed by atoms with Gasteiger partial charge in [-0.15, -0.1) is 0 Å². The van der Waals surface area contributed by atoms with Crippen molar-refractivity contribution in [1.29, 1.82) is 0 Å². The molecule has 1 fully saturated rings. The Balaban J connectivity index is 2.05. The first-order valence-corrected chi connectivity index (χ1v) is 3.81. The van der Waals surface area contributed by atoms with Crippen LogP contribution in [-0.4, -0.2) is 49.0 Å². The van der Waals surface area contributed by atoms with E-state index in [0.717, 1.165) is 26.2 Å². The minimum absolute atomic E-state index is 0.251. The summed E-state index contributed by atoms with van der Waals surface area (Å²) in [5.74, 6) is 0. The number of nitrogens with zero attached hydrogens (tertiary/aromatic N) is 1. The van der Waals surface area contributed by atoms with E-state index in [-0.39, 0.29) is 6.61 Å². The summed E-state index contributed by atoms with van der Waals surface area (Å²) in [6.07, 6.45) is 0.450. The van der Waals surface area contributed by atoms with E-state index >= 15 is 0 Å². The van der Waals surface area contributed by atoms with Crippen LogP contribution in [0.3, 0.4) is 0 Å². The largest absolute Gasteiger partial charge is 0.395 e. The van der Waals surface area contributed by atoms with Crippen LogP contribution in [0.15, 0.2) is 0 Å². The third-order valence-corrected chi connectivity index (χ3v) is 1.73. The lowest BCUT2D eigenvalue weighted by molar-refractivity contribution is 0.190. The molecule has 3 nitrogen and oxygen atoms in total. The molecular formula is C7H15NO2. The minimum atomic E-state index is 0.251. The topological polar surface area (TPSA) is 36.0 Å². The highest BCUT2D eigenvalue weighted by molar-refractivity contribution is 4.73. The Morgan fingerprint density at radius 3 is 2.80 bits per heavy atom. The Bertz CT molecular complexity index is 93.6. The molecule has 0 unspecified atom stereocenters. The predicted octanol–water partition coefficient (Wildman–Crippen LogP) is -0.301. The predicted molar refractivity (Wildman–Crippen MR) is 38.9 cm³/mol. The number of epoxide rings is 1. The molecular weight excluding hydrogens is 130 g/mol. The molecule has 1 atom stereocenters. The monoisotopic (exact) mass is 145 g/mol. The smallest absolute Gasteiger partial charge is 0.0936 e. The average Bonchev–Trinajstić information content (AvgIpc) is 2.71. The summed E-state index contributed by atoms with van der Waals surface area (Å²) in [5, 5.41) is 8.62. The van der Waals surface area contributed by atoms with E-state index in [1.807, 2.05) is 0 Å². The maximum atomic E-state index is 8.62. The van der Waals surface area contributed by atoms with Crippen LogP contribution in [0.1, 0.15) is 6.92 Å². The first-order chi connectivity index (χ1) is 4.86. The van der Waals surface area contributed by atoms with Gasteiger partial charge in [0.15, 0.2) is 0 Å². The molecule has 0 spiro atoms. The Labute approximate surface area is 61.6 Å². The zero-order valence-corrected chi connectivity index (χ0v) is 6.42. The molecule has 1 saturated heterocycles. The van der Waals surface area contributed by atoms with Crippen LogP contribution in [0, 0.1) is 0 Å². The van der Waals surface area contributed by atoms with Crippen molar-refractivity contribution < 1.29 is 9.84 Å². The molecule has 3 heteroatoms. The Morgan fingerprint density at radius 2 is 2.40 bits per heavy atom. The van der Waals surface area contributed by atoms with Gasteiger partial charge in [-0.05, 0) is 6.54 Å². The van der Waals surface area contributed by atoms with Gasteiger partial charge in [-0.2, -0.15) is 0 Å². The van der Waals surface area contributed by atoms with Crippen LogP contribution in [0.2, 0.25) is 0 Å². The third-order valence-electron chi connectivity index (χ3n) is 1.73. The zero-order chi connectivity index (χ0) is 7.40. The second kappa shape index (κ2) is 3.91. The van der Waals surface area contributed by atoms with E-state index in [4.69, 9.17) is 9.84 Å². The number of rotatable bonds is 5. The molecule has 0 radical (unpaired) electrons. The number of likely N-dealkylation sites (N-methyl/N-ethyl adjacent to an activating group) is 1. The normalized spacial score (nSPS) is 23.7. The lowest BCUT2D eigenvalue weighted by Crippen LogP contribution is -2.30. The average molecular weight is 145 g/mol. The summed E-state index contributed by atoms with van der Waals surface area (Å²) >= 11 is 0. The fraction of sp³-hybridized carbons (Fsp3) is 1.00. The molecule has 0 bridgehead atoms. The Kier molecular flexibility index (Phi) is 3.12. The van der Waals surface area contributed by atoms with Gasteiger partial charge in [-0.25, -0.2) is 0 Å². The zero-order valence-electron chi connectivity index (χ0n) is 6.42. The molecule has 0 aliphatic carbocycles. The molecule has 0 amide bonds.